The molecule has 0 aromatic carbocycles. The van der Waals surface area contributed by atoms with Crippen molar-refractivity contribution in [2.75, 3.05) is 0 Å². The van der Waals surface area contributed by atoms with Gasteiger partial charge >= 0.3 is 0 Å². The molecule has 2 fully saturated rings. The van der Waals surface area contributed by atoms with E-state index in [9.17, 15) is 4.79 Å². The molecule has 2 aromatic heterocycles. The van der Waals surface area contributed by atoms with Gasteiger partial charge in [-0.1, -0.05) is 26.2 Å². The van der Waals surface area contributed by atoms with Gasteiger partial charge in [0.05, 0.1) is 5.01 Å². The summed E-state index contributed by atoms with van der Waals surface area (Å²) in [6, 6.07) is 2.34. The Morgan fingerprint density at radius 2 is 2.00 bits per heavy atom. The molecular weight excluding hydrogens is 366 g/mol. The predicted octanol–water partition coefficient (Wildman–Crippen LogP) is 5.24. The zero-order chi connectivity index (χ0) is 19.5. The average Bonchev–Trinajstić information content (AvgIpc) is 3.19. The lowest BCUT2D eigenvalue weighted by molar-refractivity contribution is 0.0988. The molecule has 5 heteroatoms. The monoisotopic (exact) mass is 397 g/mol. The third-order valence-corrected chi connectivity index (χ3v) is 7.48. The van der Waals surface area contributed by atoms with Crippen LogP contribution in [-0.4, -0.2) is 21.8 Å². The van der Waals surface area contributed by atoms with Crippen molar-refractivity contribution in [3.8, 4) is 0 Å². The summed E-state index contributed by atoms with van der Waals surface area (Å²) in [4.78, 5) is 22.0. The van der Waals surface area contributed by atoms with E-state index in [1.807, 2.05) is 17.8 Å². The summed E-state index contributed by atoms with van der Waals surface area (Å²) in [5.74, 6) is 1.72. The van der Waals surface area contributed by atoms with Gasteiger partial charge in [-0.2, -0.15) is 0 Å². The van der Waals surface area contributed by atoms with Crippen molar-refractivity contribution in [1.29, 1.82) is 0 Å². The number of carbonyl (C=O) groups is 1. The van der Waals surface area contributed by atoms with Gasteiger partial charge in [-0.05, 0) is 61.1 Å². The molecule has 2 heterocycles. The van der Waals surface area contributed by atoms with Crippen LogP contribution in [0, 0.1) is 5.92 Å². The minimum Gasteiger partial charge on any atom is -0.328 e. The number of aromatic nitrogens is 2. The molecule has 2 aliphatic rings. The highest BCUT2D eigenvalue weighted by molar-refractivity contribution is 7.09. The molecule has 28 heavy (non-hydrogen) atoms. The highest BCUT2D eigenvalue weighted by atomic mass is 32.1. The number of nitrogens with zero attached hydrogens (tertiary/aromatic N) is 2. The standard InChI is InChI=1S/C23H31N3OS/c1-15-9-17(11-19(24)10-15)20-7-8-25-13-18(20)12-22(27)21-14-28-23(26-21)16-5-3-2-4-6-16/h7-8,13-17,19H,2-6,9-12,24H2,1H3/t15-,17+,19-/m0/s1. The molecule has 0 aliphatic heterocycles. The molecule has 2 aromatic rings. The first-order valence-electron chi connectivity index (χ1n) is 10.8. The molecule has 3 atom stereocenters. The minimum atomic E-state index is 0.112. The zero-order valence-corrected chi connectivity index (χ0v) is 17.6. The first-order valence-corrected chi connectivity index (χ1v) is 11.6. The number of pyridine rings is 1. The fourth-order valence-electron chi connectivity index (χ4n) is 5.11. The van der Waals surface area contributed by atoms with Crippen LogP contribution in [0.15, 0.2) is 23.8 Å². The lowest BCUT2D eigenvalue weighted by atomic mass is 9.75. The van der Waals surface area contributed by atoms with Crippen molar-refractivity contribution in [1.82, 2.24) is 9.97 Å². The van der Waals surface area contributed by atoms with Gasteiger partial charge in [0, 0.05) is 36.2 Å². The van der Waals surface area contributed by atoms with Crippen LogP contribution >= 0.6 is 11.3 Å². The van der Waals surface area contributed by atoms with E-state index in [4.69, 9.17) is 10.7 Å². The van der Waals surface area contributed by atoms with Crippen molar-refractivity contribution >= 4 is 17.1 Å². The summed E-state index contributed by atoms with van der Waals surface area (Å²) in [7, 11) is 0. The molecule has 2 aliphatic carbocycles. The van der Waals surface area contributed by atoms with Crippen LogP contribution in [-0.2, 0) is 6.42 Å². The SMILES string of the molecule is C[C@@H]1C[C@H](N)C[C@H](c2ccncc2CC(=O)c2csc(C3CCCCC3)n2)C1. The number of hydrogen-bond acceptors (Lipinski definition) is 5. The summed E-state index contributed by atoms with van der Waals surface area (Å²) in [6.45, 7) is 2.28. The molecule has 150 valence electrons. The molecule has 0 spiro atoms. The van der Waals surface area contributed by atoms with Gasteiger partial charge in [0.1, 0.15) is 5.69 Å². The third-order valence-electron chi connectivity index (χ3n) is 6.47. The van der Waals surface area contributed by atoms with E-state index in [1.165, 1.54) is 37.7 Å². The van der Waals surface area contributed by atoms with Gasteiger partial charge in [0.2, 0.25) is 0 Å². The van der Waals surface area contributed by atoms with Gasteiger partial charge < -0.3 is 5.73 Å². The molecular formula is C23H31N3OS. The Kier molecular flexibility index (Phi) is 6.22. The Bertz CT molecular complexity index is 802. The number of nitrogens with two attached hydrogens (primary N) is 1. The van der Waals surface area contributed by atoms with E-state index in [0.717, 1.165) is 29.8 Å². The first kappa shape index (κ1) is 19.7. The van der Waals surface area contributed by atoms with Crippen LogP contribution in [0.4, 0.5) is 0 Å². The molecule has 4 nitrogen and oxygen atoms in total. The predicted molar refractivity (Wildman–Crippen MR) is 114 cm³/mol. The van der Waals surface area contributed by atoms with Crippen LogP contribution < -0.4 is 5.73 Å². The second kappa shape index (κ2) is 8.83. The minimum absolute atomic E-state index is 0.112. The maximum atomic E-state index is 13.0. The Hall–Kier alpha value is -1.59. The van der Waals surface area contributed by atoms with Gasteiger partial charge in [-0.3, -0.25) is 9.78 Å². The molecule has 0 amide bonds. The summed E-state index contributed by atoms with van der Waals surface area (Å²) in [5, 5.41) is 3.11. The summed E-state index contributed by atoms with van der Waals surface area (Å²) in [6.07, 6.45) is 13.7. The highest BCUT2D eigenvalue weighted by Crippen LogP contribution is 2.37. The molecule has 0 radical (unpaired) electrons. The third kappa shape index (κ3) is 4.52. The fourth-order valence-corrected chi connectivity index (χ4v) is 6.11. The van der Waals surface area contributed by atoms with Crippen molar-refractivity contribution in [2.24, 2.45) is 11.7 Å². The van der Waals surface area contributed by atoms with Crippen molar-refractivity contribution in [3.63, 3.8) is 0 Å². The fraction of sp³-hybridized carbons (Fsp3) is 0.609. The van der Waals surface area contributed by atoms with Crippen molar-refractivity contribution < 1.29 is 4.79 Å². The lowest BCUT2D eigenvalue weighted by Gasteiger charge is -2.32. The number of carbonyl (C=O) groups excluding carboxylic acids is 1. The summed E-state index contributed by atoms with van der Waals surface area (Å²) < 4.78 is 0. The number of thiazole rings is 1. The number of hydrogen-bond donors (Lipinski definition) is 1. The van der Waals surface area contributed by atoms with Gasteiger partial charge in [-0.15, -0.1) is 11.3 Å². The quantitative estimate of drug-likeness (QED) is 0.700. The molecule has 2 saturated carbocycles. The van der Waals surface area contributed by atoms with E-state index in [0.29, 0.717) is 29.9 Å². The molecule has 4 rings (SSSR count). The maximum Gasteiger partial charge on any atom is 0.186 e. The number of Topliss-reactive ketones (excluding diaryl/α,β-unsaturated/α-hetero) is 1. The normalized spacial score (nSPS) is 26.3. The molecule has 0 saturated heterocycles. The number of rotatable bonds is 5. The van der Waals surface area contributed by atoms with Gasteiger partial charge in [0.25, 0.3) is 0 Å². The molecule has 0 unspecified atom stereocenters. The van der Waals surface area contributed by atoms with Crippen LogP contribution in [0.1, 0.15) is 96.7 Å². The topological polar surface area (TPSA) is 68.9 Å². The Labute approximate surface area is 172 Å². The highest BCUT2D eigenvalue weighted by Gasteiger charge is 2.28. The first-order chi connectivity index (χ1) is 13.6. The largest absolute Gasteiger partial charge is 0.328 e. The Morgan fingerprint density at radius 1 is 1.18 bits per heavy atom. The van der Waals surface area contributed by atoms with Crippen molar-refractivity contribution in [3.05, 3.63) is 45.7 Å². The van der Waals surface area contributed by atoms with Gasteiger partial charge in [0.15, 0.2) is 5.78 Å². The van der Waals surface area contributed by atoms with Crippen LogP contribution in [0.2, 0.25) is 0 Å². The summed E-state index contributed by atoms with van der Waals surface area (Å²) in [5.41, 5.74) is 9.22. The van der Waals surface area contributed by atoms with E-state index in [2.05, 4.69) is 18.0 Å². The van der Waals surface area contributed by atoms with Crippen LogP contribution in [0.3, 0.4) is 0 Å². The van der Waals surface area contributed by atoms with E-state index < -0.39 is 0 Å². The Morgan fingerprint density at radius 3 is 2.79 bits per heavy atom. The van der Waals surface area contributed by atoms with E-state index >= 15 is 0 Å². The van der Waals surface area contributed by atoms with E-state index in [-0.39, 0.29) is 11.8 Å². The maximum absolute atomic E-state index is 13.0. The summed E-state index contributed by atoms with van der Waals surface area (Å²) >= 11 is 1.66. The van der Waals surface area contributed by atoms with Gasteiger partial charge in [-0.25, -0.2) is 4.98 Å². The van der Waals surface area contributed by atoms with Crippen LogP contribution in [0.25, 0.3) is 0 Å². The average molecular weight is 398 g/mol. The lowest BCUT2D eigenvalue weighted by Crippen LogP contribution is -2.31. The smallest absolute Gasteiger partial charge is 0.186 e. The number of ketones is 1. The molecule has 2 N–H and O–H groups in total. The van der Waals surface area contributed by atoms with Crippen LogP contribution in [0.5, 0.6) is 0 Å². The second-order valence-electron chi connectivity index (χ2n) is 8.85. The Balaban J connectivity index is 1.48. The van der Waals surface area contributed by atoms with E-state index in [1.54, 1.807) is 11.3 Å². The second-order valence-corrected chi connectivity index (χ2v) is 9.74. The zero-order valence-electron chi connectivity index (χ0n) is 16.8. The van der Waals surface area contributed by atoms with Crippen molar-refractivity contribution in [2.45, 2.75) is 82.6 Å². The molecule has 0 bridgehead atoms.